The number of sulfone groups is 1. The predicted octanol–water partition coefficient (Wildman–Crippen LogP) is 3.80. The van der Waals surface area contributed by atoms with E-state index >= 15 is 0 Å². The standard InChI is InChI=1S/C21H26ClN3O2S.HI/c1-23-20(24-14-11-16-3-9-19(10-4-16)28(2,26)27)25-15-21(12-13-21)17-5-7-18(22)8-6-17;/h3-10H,11-15H2,1-2H3,(H2,23,24,25);1H. The summed E-state index contributed by atoms with van der Waals surface area (Å²) in [5.41, 5.74) is 2.56. The number of halogens is 2. The van der Waals surface area contributed by atoms with Crippen LogP contribution in [0.2, 0.25) is 5.02 Å². The second-order valence-electron chi connectivity index (χ2n) is 7.31. The quantitative estimate of drug-likeness (QED) is 0.314. The third-order valence-electron chi connectivity index (χ3n) is 5.19. The summed E-state index contributed by atoms with van der Waals surface area (Å²) in [5, 5.41) is 7.51. The summed E-state index contributed by atoms with van der Waals surface area (Å²) in [6.07, 6.45) is 4.32. The molecular formula is C21H27ClIN3O2S. The molecule has 0 heterocycles. The van der Waals surface area contributed by atoms with Gasteiger partial charge in [0.25, 0.3) is 0 Å². The summed E-state index contributed by atoms with van der Waals surface area (Å²) in [4.78, 5) is 4.64. The van der Waals surface area contributed by atoms with Gasteiger partial charge >= 0.3 is 0 Å². The number of hydrogen-bond donors (Lipinski definition) is 2. The molecule has 0 atom stereocenters. The zero-order valence-electron chi connectivity index (χ0n) is 16.6. The molecule has 3 rings (SSSR count). The summed E-state index contributed by atoms with van der Waals surface area (Å²) in [6.45, 7) is 1.54. The van der Waals surface area contributed by atoms with Crippen molar-refractivity contribution in [3.8, 4) is 0 Å². The second-order valence-corrected chi connectivity index (χ2v) is 9.76. The highest BCUT2D eigenvalue weighted by Crippen LogP contribution is 2.47. The van der Waals surface area contributed by atoms with E-state index in [1.807, 2.05) is 24.3 Å². The van der Waals surface area contributed by atoms with E-state index < -0.39 is 9.84 Å². The van der Waals surface area contributed by atoms with Gasteiger partial charge in [-0.1, -0.05) is 35.9 Å². The highest BCUT2D eigenvalue weighted by molar-refractivity contribution is 14.0. The first-order chi connectivity index (χ1) is 13.3. The first kappa shape index (κ1) is 24.0. The van der Waals surface area contributed by atoms with Crippen LogP contribution in [0.4, 0.5) is 0 Å². The lowest BCUT2D eigenvalue weighted by Crippen LogP contribution is -2.41. The molecule has 8 heteroatoms. The number of hydrogen-bond acceptors (Lipinski definition) is 3. The molecule has 1 aliphatic rings. The van der Waals surface area contributed by atoms with Crippen molar-refractivity contribution in [2.75, 3.05) is 26.4 Å². The Hall–Kier alpha value is -1.32. The maximum Gasteiger partial charge on any atom is 0.191 e. The normalized spacial score (nSPS) is 15.3. The summed E-state index contributed by atoms with van der Waals surface area (Å²) in [6, 6.07) is 15.1. The molecule has 29 heavy (non-hydrogen) atoms. The number of rotatable bonds is 7. The molecule has 0 unspecified atom stereocenters. The van der Waals surface area contributed by atoms with Crippen molar-refractivity contribution in [3.05, 3.63) is 64.7 Å². The topological polar surface area (TPSA) is 70.6 Å². The smallest absolute Gasteiger partial charge is 0.191 e. The molecule has 0 saturated heterocycles. The van der Waals surface area contributed by atoms with Crippen LogP contribution in [0.3, 0.4) is 0 Å². The Labute approximate surface area is 195 Å². The van der Waals surface area contributed by atoms with E-state index in [-0.39, 0.29) is 29.4 Å². The van der Waals surface area contributed by atoms with Crippen LogP contribution in [-0.2, 0) is 21.7 Å². The fraction of sp³-hybridized carbons (Fsp3) is 0.381. The molecule has 1 fully saturated rings. The van der Waals surface area contributed by atoms with E-state index in [0.717, 1.165) is 42.4 Å². The molecule has 2 N–H and O–H groups in total. The molecule has 5 nitrogen and oxygen atoms in total. The monoisotopic (exact) mass is 547 g/mol. The molecule has 158 valence electrons. The highest BCUT2D eigenvalue weighted by Gasteiger charge is 2.44. The lowest BCUT2D eigenvalue weighted by molar-refractivity contribution is 0.602. The first-order valence-electron chi connectivity index (χ1n) is 9.32. The van der Waals surface area contributed by atoms with Crippen molar-refractivity contribution >= 4 is 51.4 Å². The summed E-state index contributed by atoms with van der Waals surface area (Å²) in [5.74, 6) is 0.771. The van der Waals surface area contributed by atoms with E-state index in [4.69, 9.17) is 11.6 Å². The highest BCUT2D eigenvalue weighted by atomic mass is 127. The number of nitrogens with one attached hydrogen (secondary N) is 2. The van der Waals surface area contributed by atoms with E-state index in [1.165, 1.54) is 11.8 Å². The molecule has 0 spiro atoms. The number of benzene rings is 2. The van der Waals surface area contributed by atoms with Crippen LogP contribution in [0.25, 0.3) is 0 Å². The third kappa shape index (κ3) is 6.58. The SMILES string of the molecule is CN=C(NCCc1ccc(S(C)(=O)=O)cc1)NCC1(c2ccc(Cl)cc2)CC1.I. The van der Waals surface area contributed by atoms with Gasteiger partial charge in [-0.15, -0.1) is 24.0 Å². The van der Waals surface area contributed by atoms with Gasteiger partial charge in [-0.3, -0.25) is 4.99 Å². The third-order valence-corrected chi connectivity index (χ3v) is 6.57. The first-order valence-corrected chi connectivity index (χ1v) is 11.6. The van der Waals surface area contributed by atoms with Crippen molar-refractivity contribution in [1.82, 2.24) is 10.6 Å². The Kier molecular flexibility index (Phi) is 8.37. The van der Waals surface area contributed by atoms with Crippen molar-refractivity contribution in [2.24, 2.45) is 4.99 Å². The van der Waals surface area contributed by atoms with Crippen LogP contribution in [0.15, 0.2) is 58.4 Å². The molecule has 0 radical (unpaired) electrons. The van der Waals surface area contributed by atoms with E-state index in [2.05, 4.69) is 27.8 Å². The fourth-order valence-electron chi connectivity index (χ4n) is 3.22. The number of nitrogens with zero attached hydrogens (tertiary/aromatic N) is 1. The van der Waals surface area contributed by atoms with Gasteiger partial charge in [0.05, 0.1) is 4.90 Å². The number of aliphatic imine (C=N–C) groups is 1. The molecule has 1 aliphatic carbocycles. The lowest BCUT2D eigenvalue weighted by atomic mass is 9.96. The molecule has 0 bridgehead atoms. The lowest BCUT2D eigenvalue weighted by Gasteiger charge is -2.19. The zero-order valence-corrected chi connectivity index (χ0v) is 20.5. The minimum absolute atomic E-state index is 0. The minimum atomic E-state index is -3.15. The molecular weight excluding hydrogens is 521 g/mol. The van der Waals surface area contributed by atoms with Crippen molar-refractivity contribution < 1.29 is 8.42 Å². The predicted molar refractivity (Wildman–Crippen MR) is 130 cm³/mol. The van der Waals surface area contributed by atoms with E-state index in [0.29, 0.717) is 11.4 Å². The van der Waals surface area contributed by atoms with E-state index in [1.54, 1.807) is 19.2 Å². The van der Waals surface area contributed by atoms with Crippen LogP contribution in [0.5, 0.6) is 0 Å². The maximum absolute atomic E-state index is 11.5. The molecule has 0 aromatic heterocycles. The van der Waals surface area contributed by atoms with Crippen molar-refractivity contribution in [1.29, 1.82) is 0 Å². The molecule has 1 saturated carbocycles. The molecule has 0 amide bonds. The van der Waals surface area contributed by atoms with Gasteiger partial charge in [0.2, 0.25) is 0 Å². The summed E-state index contributed by atoms with van der Waals surface area (Å²) >= 11 is 6.00. The Bertz CT molecular complexity index is 941. The minimum Gasteiger partial charge on any atom is -0.356 e. The van der Waals surface area contributed by atoms with Crippen molar-refractivity contribution in [3.63, 3.8) is 0 Å². The maximum atomic E-state index is 11.5. The van der Waals surface area contributed by atoms with Gasteiger partial charge in [0.15, 0.2) is 15.8 Å². The Morgan fingerprint density at radius 2 is 1.69 bits per heavy atom. The van der Waals surface area contributed by atoms with Gasteiger partial charge in [-0.25, -0.2) is 8.42 Å². The van der Waals surface area contributed by atoms with Crippen LogP contribution in [0.1, 0.15) is 24.0 Å². The largest absolute Gasteiger partial charge is 0.356 e. The van der Waals surface area contributed by atoms with Gasteiger partial charge in [0.1, 0.15) is 0 Å². The summed E-state index contributed by atoms with van der Waals surface area (Å²) < 4.78 is 23.0. The van der Waals surface area contributed by atoms with Gasteiger partial charge < -0.3 is 10.6 Å². The Morgan fingerprint density at radius 1 is 1.07 bits per heavy atom. The average molecular weight is 548 g/mol. The van der Waals surface area contributed by atoms with Gasteiger partial charge in [0, 0.05) is 36.8 Å². The second kappa shape index (κ2) is 10.1. The van der Waals surface area contributed by atoms with Crippen molar-refractivity contribution in [2.45, 2.75) is 29.6 Å². The van der Waals surface area contributed by atoms with Crippen LogP contribution >= 0.6 is 35.6 Å². The Morgan fingerprint density at radius 3 is 2.21 bits per heavy atom. The molecule has 0 aliphatic heterocycles. The van der Waals surface area contributed by atoms with Crippen LogP contribution in [-0.4, -0.2) is 40.8 Å². The fourth-order valence-corrected chi connectivity index (χ4v) is 3.98. The number of guanidine groups is 1. The van der Waals surface area contributed by atoms with E-state index in [9.17, 15) is 8.42 Å². The van der Waals surface area contributed by atoms with Crippen LogP contribution < -0.4 is 10.6 Å². The van der Waals surface area contributed by atoms with Gasteiger partial charge in [-0.05, 0) is 54.7 Å². The van der Waals surface area contributed by atoms with Gasteiger partial charge in [-0.2, -0.15) is 0 Å². The average Bonchev–Trinajstić information content (AvgIpc) is 3.46. The molecule has 2 aromatic rings. The Balaban J connectivity index is 0.00000300. The van der Waals surface area contributed by atoms with Crippen LogP contribution in [0, 0.1) is 0 Å². The summed E-state index contributed by atoms with van der Waals surface area (Å²) in [7, 11) is -1.39. The zero-order chi connectivity index (χ0) is 20.2. The molecule has 2 aromatic carbocycles.